The first-order chi connectivity index (χ1) is 9.22. The number of hydrogen-bond acceptors (Lipinski definition) is 4. The molecule has 1 aromatic heterocycles. The topological polar surface area (TPSA) is 31.4 Å². The number of likely N-dealkylation sites (tertiary alicyclic amines) is 1. The SMILES string of the molecule is CCN(CC)c1ccc(NC2CCCN(C)C2)cn1. The zero-order chi connectivity index (χ0) is 13.7. The summed E-state index contributed by atoms with van der Waals surface area (Å²) in [6.07, 6.45) is 4.49. The molecule has 1 fully saturated rings. The average molecular weight is 262 g/mol. The van der Waals surface area contributed by atoms with E-state index in [-0.39, 0.29) is 0 Å². The molecule has 2 heterocycles. The van der Waals surface area contributed by atoms with Crippen molar-refractivity contribution in [2.75, 3.05) is 43.4 Å². The molecule has 1 aliphatic heterocycles. The van der Waals surface area contributed by atoms with Crippen molar-refractivity contribution in [3.05, 3.63) is 18.3 Å². The maximum Gasteiger partial charge on any atom is 0.128 e. The van der Waals surface area contributed by atoms with E-state index in [4.69, 9.17) is 0 Å². The van der Waals surface area contributed by atoms with Crippen molar-refractivity contribution in [1.82, 2.24) is 9.88 Å². The lowest BCUT2D eigenvalue weighted by molar-refractivity contribution is 0.261. The first-order valence-corrected chi connectivity index (χ1v) is 7.39. The van der Waals surface area contributed by atoms with E-state index in [1.54, 1.807) is 0 Å². The Balaban J connectivity index is 1.94. The number of nitrogens with zero attached hydrogens (tertiary/aromatic N) is 3. The summed E-state index contributed by atoms with van der Waals surface area (Å²) in [5, 5.41) is 3.59. The van der Waals surface area contributed by atoms with Crippen molar-refractivity contribution >= 4 is 11.5 Å². The molecule has 0 radical (unpaired) electrons. The van der Waals surface area contributed by atoms with Gasteiger partial charge in [0.25, 0.3) is 0 Å². The summed E-state index contributed by atoms with van der Waals surface area (Å²) in [6, 6.07) is 4.82. The summed E-state index contributed by atoms with van der Waals surface area (Å²) in [5.41, 5.74) is 1.14. The van der Waals surface area contributed by atoms with Gasteiger partial charge in [-0.3, -0.25) is 0 Å². The van der Waals surface area contributed by atoms with Gasteiger partial charge < -0.3 is 15.1 Å². The maximum absolute atomic E-state index is 4.56. The number of piperidine rings is 1. The lowest BCUT2D eigenvalue weighted by Crippen LogP contribution is -2.39. The van der Waals surface area contributed by atoms with Crippen LogP contribution in [0.3, 0.4) is 0 Å². The summed E-state index contributed by atoms with van der Waals surface area (Å²) in [4.78, 5) is 9.20. The van der Waals surface area contributed by atoms with Crippen molar-refractivity contribution < 1.29 is 0 Å². The van der Waals surface area contributed by atoms with Gasteiger partial charge in [-0.1, -0.05) is 0 Å². The summed E-state index contributed by atoms with van der Waals surface area (Å²) in [7, 11) is 2.19. The fourth-order valence-electron chi connectivity index (χ4n) is 2.73. The maximum atomic E-state index is 4.56. The smallest absolute Gasteiger partial charge is 0.128 e. The predicted molar refractivity (Wildman–Crippen MR) is 81.9 cm³/mol. The van der Waals surface area contributed by atoms with E-state index < -0.39 is 0 Å². The van der Waals surface area contributed by atoms with Crippen molar-refractivity contribution in [2.45, 2.75) is 32.7 Å². The third-order valence-electron chi connectivity index (χ3n) is 3.83. The average Bonchev–Trinajstić information content (AvgIpc) is 2.42. The molecule has 4 heteroatoms. The van der Waals surface area contributed by atoms with Gasteiger partial charge >= 0.3 is 0 Å². The van der Waals surface area contributed by atoms with Gasteiger partial charge in [-0.25, -0.2) is 4.98 Å². The molecule has 19 heavy (non-hydrogen) atoms. The molecule has 0 spiro atoms. The molecule has 0 bridgehead atoms. The van der Waals surface area contributed by atoms with E-state index in [1.165, 1.54) is 19.4 Å². The number of anilines is 2. The van der Waals surface area contributed by atoms with Gasteiger partial charge in [0.05, 0.1) is 11.9 Å². The number of pyridine rings is 1. The van der Waals surface area contributed by atoms with Gasteiger partial charge in [0, 0.05) is 25.7 Å². The normalized spacial score (nSPS) is 20.3. The molecule has 0 aromatic carbocycles. The first kappa shape index (κ1) is 14.1. The zero-order valence-electron chi connectivity index (χ0n) is 12.4. The number of likely N-dealkylation sites (N-methyl/N-ethyl adjacent to an activating group) is 1. The van der Waals surface area contributed by atoms with Crippen molar-refractivity contribution in [3.8, 4) is 0 Å². The third kappa shape index (κ3) is 3.83. The molecular weight excluding hydrogens is 236 g/mol. The fraction of sp³-hybridized carbons (Fsp3) is 0.667. The Morgan fingerprint density at radius 3 is 2.74 bits per heavy atom. The van der Waals surface area contributed by atoms with Crippen molar-refractivity contribution in [3.63, 3.8) is 0 Å². The number of aromatic nitrogens is 1. The van der Waals surface area contributed by atoms with Gasteiger partial charge in [0.15, 0.2) is 0 Å². The summed E-state index contributed by atoms with van der Waals surface area (Å²) in [6.45, 7) is 8.67. The predicted octanol–water partition coefficient (Wildman–Crippen LogP) is 2.43. The van der Waals surface area contributed by atoms with E-state index >= 15 is 0 Å². The van der Waals surface area contributed by atoms with Crippen LogP contribution in [-0.4, -0.2) is 49.2 Å². The number of rotatable bonds is 5. The summed E-state index contributed by atoms with van der Waals surface area (Å²) >= 11 is 0. The number of nitrogens with one attached hydrogen (secondary N) is 1. The van der Waals surface area contributed by atoms with Crippen LogP contribution in [0.25, 0.3) is 0 Å². The highest BCUT2D eigenvalue weighted by Crippen LogP contribution is 2.17. The van der Waals surface area contributed by atoms with Crippen LogP contribution in [0.4, 0.5) is 11.5 Å². The van der Waals surface area contributed by atoms with Crippen LogP contribution in [0.5, 0.6) is 0 Å². The standard InChI is InChI=1S/C15H26N4/c1-4-19(5-2)15-9-8-13(11-16-15)17-14-7-6-10-18(3)12-14/h8-9,11,14,17H,4-7,10,12H2,1-3H3. The Morgan fingerprint density at radius 1 is 1.37 bits per heavy atom. The Labute approximate surface area is 116 Å². The van der Waals surface area contributed by atoms with E-state index in [2.05, 4.69) is 53.1 Å². The zero-order valence-corrected chi connectivity index (χ0v) is 12.4. The highest BCUT2D eigenvalue weighted by Gasteiger charge is 2.16. The molecule has 1 atom stereocenters. The molecule has 1 saturated heterocycles. The van der Waals surface area contributed by atoms with Gasteiger partial charge in [0.2, 0.25) is 0 Å². The molecular formula is C15H26N4. The van der Waals surface area contributed by atoms with E-state index in [1.807, 2.05) is 6.20 Å². The molecule has 1 aromatic rings. The van der Waals surface area contributed by atoms with Crippen LogP contribution in [0.1, 0.15) is 26.7 Å². The minimum atomic E-state index is 0.555. The molecule has 1 unspecified atom stereocenters. The second-order valence-corrected chi connectivity index (χ2v) is 5.32. The lowest BCUT2D eigenvalue weighted by atomic mass is 10.1. The van der Waals surface area contributed by atoms with Crippen LogP contribution in [0, 0.1) is 0 Å². The molecule has 1 N–H and O–H groups in total. The van der Waals surface area contributed by atoms with Gasteiger partial charge in [0.1, 0.15) is 5.82 Å². The molecule has 106 valence electrons. The highest BCUT2D eigenvalue weighted by atomic mass is 15.2. The van der Waals surface area contributed by atoms with Gasteiger partial charge in [-0.15, -0.1) is 0 Å². The minimum Gasteiger partial charge on any atom is -0.380 e. The Kier molecular flexibility index (Phi) is 5.02. The van der Waals surface area contributed by atoms with Crippen LogP contribution >= 0.6 is 0 Å². The van der Waals surface area contributed by atoms with E-state index in [9.17, 15) is 0 Å². The molecule has 1 aliphatic rings. The Bertz CT molecular complexity index is 372. The molecule has 0 saturated carbocycles. The molecule has 0 amide bonds. The Morgan fingerprint density at radius 2 is 2.16 bits per heavy atom. The third-order valence-corrected chi connectivity index (χ3v) is 3.83. The summed E-state index contributed by atoms with van der Waals surface area (Å²) < 4.78 is 0. The Hall–Kier alpha value is -1.29. The highest BCUT2D eigenvalue weighted by molar-refractivity contribution is 5.49. The van der Waals surface area contributed by atoms with Crippen LogP contribution in [0.15, 0.2) is 18.3 Å². The quantitative estimate of drug-likeness (QED) is 0.883. The van der Waals surface area contributed by atoms with Crippen LogP contribution in [0.2, 0.25) is 0 Å². The second kappa shape index (κ2) is 6.75. The molecule has 4 nitrogen and oxygen atoms in total. The van der Waals surface area contributed by atoms with E-state index in [0.29, 0.717) is 6.04 Å². The minimum absolute atomic E-state index is 0.555. The fourth-order valence-corrected chi connectivity index (χ4v) is 2.73. The van der Waals surface area contributed by atoms with Crippen LogP contribution in [-0.2, 0) is 0 Å². The second-order valence-electron chi connectivity index (χ2n) is 5.32. The number of hydrogen-bond donors (Lipinski definition) is 1. The van der Waals surface area contributed by atoms with Gasteiger partial charge in [-0.2, -0.15) is 0 Å². The van der Waals surface area contributed by atoms with Crippen LogP contribution < -0.4 is 10.2 Å². The summed E-state index contributed by atoms with van der Waals surface area (Å²) in [5.74, 6) is 1.07. The molecule has 2 rings (SSSR count). The van der Waals surface area contributed by atoms with Crippen molar-refractivity contribution in [1.29, 1.82) is 0 Å². The first-order valence-electron chi connectivity index (χ1n) is 7.39. The largest absolute Gasteiger partial charge is 0.380 e. The van der Waals surface area contributed by atoms with E-state index in [0.717, 1.165) is 31.1 Å². The lowest BCUT2D eigenvalue weighted by Gasteiger charge is -2.31. The van der Waals surface area contributed by atoms with Gasteiger partial charge in [-0.05, 0) is 52.4 Å². The monoisotopic (exact) mass is 262 g/mol. The molecule has 0 aliphatic carbocycles. The van der Waals surface area contributed by atoms with Crippen molar-refractivity contribution in [2.24, 2.45) is 0 Å².